The third-order valence-electron chi connectivity index (χ3n) is 3.43. The maximum atomic E-state index is 4.54. The van der Waals surface area contributed by atoms with Crippen LogP contribution in [0.2, 0.25) is 0 Å². The van der Waals surface area contributed by atoms with Gasteiger partial charge in [0.2, 0.25) is 0 Å². The van der Waals surface area contributed by atoms with E-state index in [4.69, 9.17) is 0 Å². The number of nitrogens with zero attached hydrogens (tertiary/aromatic N) is 2. The summed E-state index contributed by atoms with van der Waals surface area (Å²) < 4.78 is 3.31. The highest BCUT2D eigenvalue weighted by Crippen LogP contribution is 2.35. The second-order valence-corrected chi connectivity index (χ2v) is 5.39. The molecule has 1 aromatic rings. The highest BCUT2D eigenvalue weighted by molar-refractivity contribution is 9.10. The van der Waals surface area contributed by atoms with Crippen molar-refractivity contribution >= 4 is 15.9 Å². The van der Waals surface area contributed by atoms with Gasteiger partial charge in [-0.25, -0.2) is 0 Å². The van der Waals surface area contributed by atoms with Crippen molar-refractivity contribution in [2.24, 2.45) is 5.92 Å². The molecule has 1 heterocycles. The van der Waals surface area contributed by atoms with E-state index in [-0.39, 0.29) is 0 Å². The van der Waals surface area contributed by atoms with Crippen LogP contribution in [0.1, 0.15) is 31.2 Å². The molecule has 1 aliphatic rings. The predicted octanol–water partition coefficient (Wildman–Crippen LogP) is 2.51. The molecule has 90 valence electrons. The molecule has 0 aliphatic heterocycles. The van der Waals surface area contributed by atoms with Crippen molar-refractivity contribution in [2.45, 2.75) is 45.7 Å². The van der Waals surface area contributed by atoms with Gasteiger partial charge >= 0.3 is 0 Å². The van der Waals surface area contributed by atoms with Crippen LogP contribution in [0.4, 0.5) is 0 Å². The lowest BCUT2D eigenvalue weighted by Crippen LogP contribution is -2.30. The summed E-state index contributed by atoms with van der Waals surface area (Å²) in [5.41, 5.74) is 2.44. The van der Waals surface area contributed by atoms with Gasteiger partial charge < -0.3 is 5.32 Å². The predicted molar refractivity (Wildman–Crippen MR) is 69.6 cm³/mol. The largest absolute Gasteiger partial charge is 0.316 e. The van der Waals surface area contributed by atoms with Gasteiger partial charge in [0.15, 0.2) is 0 Å². The Bertz CT molecular complexity index is 369. The van der Waals surface area contributed by atoms with Crippen LogP contribution in [0.25, 0.3) is 0 Å². The number of nitrogens with one attached hydrogen (secondary N) is 1. The topological polar surface area (TPSA) is 29.9 Å². The summed E-state index contributed by atoms with van der Waals surface area (Å²) in [7, 11) is 2.07. The molecule has 0 amide bonds. The number of hydrogen-bond donors (Lipinski definition) is 1. The van der Waals surface area contributed by atoms with Gasteiger partial charge in [-0.15, -0.1) is 0 Å². The first kappa shape index (κ1) is 12.1. The zero-order chi connectivity index (χ0) is 11.7. The van der Waals surface area contributed by atoms with Gasteiger partial charge in [0.1, 0.15) is 0 Å². The average Bonchev–Trinajstić information content (AvgIpc) is 3.07. The highest BCUT2D eigenvalue weighted by atomic mass is 79.9. The Hall–Kier alpha value is -0.350. The van der Waals surface area contributed by atoms with Gasteiger partial charge in [0.05, 0.1) is 15.9 Å². The standard InChI is InChI=1S/C12H20BrN3/c1-4-16-11(12(13)8(2)15-16)7-10(14-3)9-5-6-9/h9-10,14H,4-7H2,1-3H3. The Labute approximate surface area is 106 Å². The minimum absolute atomic E-state index is 0.609. The van der Waals surface area contributed by atoms with E-state index < -0.39 is 0 Å². The van der Waals surface area contributed by atoms with Crippen molar-refractivity contribution in [3.63, 3.8) is 0 Å². The van der Waals surface area contributed by atoms with E-state index >= 15 is 0 Å². The van der Waals surface area contributed by atoms with E-state index in [0.717, 1.165) is 24.6 Å². The lowest BCUT2D eigenvalue weighted by molar-refractivity contribution is 0.476. The van der Waals surface area contributed by atoms with Crippen molar-refractivity contribution < 1.29 is 0 Å². The molecule has 0 aromatic carbocycles. The highest BCUT2D eigenvalue weighted by Gasteiger charge is 2.31. The smallest absolute Gasteiger partial charge is 0.0738 e. The summed E-state index contributed by atoms with van der Waals surface area (Å²) >= 11 is 3.66. The molecule has 0 saturated heterocycles. The zero-order valence-electron chi connectivity index (χ0n) is 10.3. The Morgan fingerprint density at radius 3 is 2.75 bits per heavy atom. The molecule has 1 saturated carbocycles. The molecular weight excluding hydrogens is 266 g/mol. The first-order chi connectivity index (χ1) is 7.67. The first-order valence-corrected chi connectivity index (χ1v) is 6.85. The van der Waals surface area contributed by atoms with Crippen LogP contribution in [0.3, 0.4) is 0 Å². The number of likely N-dealkylation sites (N-methyl/N-ethyl adjacent to an activating group) is 1. The molecule has 1 aliphatic carbocycles. The van der Waals surface area contributed by atoms with Crippen molar-refractivity contribution in [3.8, 4) is 0 Å². The summed E-state index contributed by atoms with van der Waals surface area (Å²) in [5.74, 6) is 0.873. The normalized spacial score (nSPS) is 17.8. The quantitative estimate of drug-likeness (QED) is 0.901. The lowest BCUT2D eigenvalue weighted by Gasteiger charge is -2.16. The second kappa shape index (κ2) is 4.88. The molecule has 1 unspecified atom stereocenters. The van der Waals surface area contributed by atoms with E-state index in [1.54, 1.807) is 0 Å². The van der Waals surface area contributed by atoms with E-state index in [9.17, 15) is 0 Å². The van der Waals surface area contributed by atoms with Gasteiger partial charge in [-0.3, -0.25) is 4.68 Å². The number of halogens is 1. The molecule has 1 fully saturated rings. The maximum absolute atomic E-state index is 4.54. The first-order valence-electron chi connectivity index (χ1n) is 6.06. The van der Waals surface area contributed by atoms with Crippen molar-refractivity contribution in [3.05, 3.63) is 15.9 Å². The third kappa shape index (κ3) is 2.33. The van der Waals surface area contributed by atoms with Crippen LogP contribution >= 0.6 is 15.9 Å². The summed E-state index contributed by atoms with van der Waals surface area (Å²) in [6.07, 6.45) is 3.83. The fraction of sp³-hybridized carbons (Fsp3) is 0.750. The number of rotatable bonds is 5. The third-order valence-corrected chi connectivity index (χ3v) is 4.46. The Balaban J connectivity index is 2.18. The molecule has 0 radical (unpaired) electrons. The zero-order valence-corrected chi connectivity index (χ0v) is 11.8. The molecule has 1 atom stereocenters. The summed E-state index contributed by atoms with van der Waals surface area (Å²) in [6.45, 7) is 5.15. The molecule has 0 spiro atoms. The second-order valence-electron chi connectivity index (χ2n) is 4.60. The van der Waals surface area contributed by atoms with E-state index in [0.29, 0.717) is 6.04 Å². The van der Waals surface area contributed by atoms with Crippen LogP contribution in [0.5, 0.6) is 0 Å². The van der Waals surface area contributed by atoms with E-state index in [1.165, 1.54) is 23.0 Å². The van der Waals surface area contributed by atoms with Gasteiger partial charge in [-0.1, -0.05) is 0 Å². The fourth-order valence-electron chi connectivity index (χ4n) is 2.28. The van der Waals surface area contributed by atoms with E-state index in [2.05, 4.69) is 51.9 Å². The lowest BCUT2D eigenvalue weighted by atomic mass is 10.1. The van der Waals surface area contributed by atoms with Gasteiger partial charge in [0, 0.05) is 19.0 Å². The molecule has 1 N–H and O–H groups in total. The van der Waals surface area contributed by atoms with Crippen molar-refractivity contribution in [1.82, 2.24) is 15.1 Å². The Kier molecular flexibility index (Phi) is 3.70. The van der Waals surface area contributed by atoms with Gasteiger partial charge in [-0.05, 0) is 55.6 Å². The van der Waals surface area contributed by atoms with Gasteiger partial charge in [0.25, 0.3) is 0 Å². The van der Waals surface area contributed by atoms with Crippen molar-refractivity contribution in [2.75, 3.05) is 7.05 Å². The Morgan fingerprint density at radius 1 is 1.56 bits per heavy atom. The SMILES string of the molecule is CCn1nc(C)c(Br)c1CC(NC)C1CC1. The molecule has 16 heavy (non-hydrogen) atoms. The minimum Gasteiger partial charge on any atom is -0.316 e. The Morgan fingerprint density at radius 2 is 2.25 bits per heavy atom. The van der Waals surface area contributed by atoms with Crippen LogP contribution in [-0.4, -0.2) is 22.9 Å². The summed E-state index contributed by atoms with van der Waals surface area (Å²) in [5, 5.41) is 7.98. The maximum Gasteiger partial charge on any atom is 0.0738 e. The van der Waals surface area contributed by atoms with Crippen LogP contribution in [-0.2, 0) is 13.0 Å². The van der Waals surface area contributed by atoms with Crippen LogP contribution < -0.4 is 5.32 Å². The molecular formula is C12H20BrN3. The molecule has 3 nitrogen and oxygen atoms in total. The van der Waals surface area contributed by atoms with Crippen molar-refractivity contribution in [1.29, 1.82) is 0 Å². The van der Waals surface area contributed by atoms with Gasteiger partial charge in [-0.2, -0.15) is 5.10 Å². The van der Waals surface area contributed by atoms with E-state index in [1.807, 2.05) is 0 Å². The van der Waals surface area contributed by atoms with Crippen LogP contribution in [0, 0.1) is 12.8 Å². The fourth-order valence-corrected chi connectivity index (χ4v) is 2.72. The molecule has 1 aromatic heterocycles. The van der Waals surface area contributed by atoms with Crippen LogP contribution in [0.15, 0.2) is 4.47 Å². The minimum atomic E-state index is 0.609. The number of hydrogen-bond acceptors (Lipinski definition) is 2. The molecule has 0 bridgehead atoms. The molecule has 2 rings (SSSR count). The average molecular weight is 286 g/mol. The monoisotopic (exact) mass is 285 g/mol. The number of aromatic nitrogens is 2. The summed E-state index contributed by atoms with van der Waals surface area (Å²) in [4.78, 5) is 0. The number of aryl methyl sites for hydroxylation is 2. The summed E-state index contributed by atoms with van der Waals surface area (Å²) in [6, 6.07) is 0.609. The molecule has 4 heteroatoms.